The number of carbonyl (C=O) groups is 1. The van der Waals surface area contributed by atoms with Crippen LogP contribution in [-0.4, -0.2) is 61.9 Å². The second-order valence-electron chi connectivity index (χ2n) is 7.94. The van der Waals surface area contributed by atoms with Gasteiger partial charge in [0, 0.05) is 37.4 Å². The second kappa shape index (κ2) is 11.4. The van der Waals surface area contributed by atoms with E-state index in [2.05, 4.69) is 27.7 Å². The number of likely N-dealkylation sites (N-methyl/N-ethyl adjacent to an activating group) is 1. The van der Waals surface area contributed by atoms with Gasteiger partial charge < -0.3 is 20.4 Å². The highest BCUT2D eigenvalue weighted by Crippen LogP contribution is 2.14. The molecule has 30 heavy (non-hydrogen) atoms. The van der Waals surface area contributed by atoms with Gasteiger partial charge in [-0.05, 0) is 63.2 Å². The van der Waals surface area contributed by atoms with E-state index in [1.807, 2.05) is 61.5 Å². The number of amides is 1. The van der Waals surface area contributed by atoms with Crippen LogP contribution >= 0.6 is 0 Å². The maximum absolute atomic E-state index is 12.4. The lowest BCUT2D eigenvalue weighted by Gasteiger charge is -2.30. The minimum absolute atomic E-state index is 0.0404. The summed E-state index contributed by atoms with van der Waals surface area (Å²) in [6.45, 7) is 4.03. The van der Waals surface area contributed by atoms with Crippen molar-refractivity contribution in [3.63, 3.8) is 0 Å². The molecule has 0 atom stereocenters. The lowest BCUT2D eigenvalue weighted by molar-refractivity contribution is 0.0951. The smallest absolute Gasteiger partial charge is 0.251 e. The van der Waals surface area contributed by atoms with Gasteiger partial charge in [-0.2, -0.15) is 0 Å². The summed E-state index contributed by atoms with van der Waals surface area (Å²) in [7, 11) is 3.99. The summed E-state index contributed by atoms with van der Waals surface area (Å²) in [5, 5.41) is 6.46. The summed E-state index contributed by atoms with van der Waals surface area (Å²) in [6.07, 6.45) is 3.66. The van der Waals surface area contributed by atoms with E-state index in [9.17, 15) is 4.79 Å². The standard InChI is InChI=1S/C24H33N5O/c1-28(2)17-14-25-23(30)21-11-9-10-20(18-21)19-26-24(29-15-7-4-8-16-29)27-22-12-5-3-6-13-22/h3,5-6,9-13,18H,4,7-8,14-17,19H2,1-2H3,(H,25,30)(H,26,27). The predicted molar refractivity (Wildman–Crippen MR) is 124 cm³/mol. The zero-order chi connectivity index (χ0) is 21.2. The summed E-state index contributed by atoms with van der Waals surface area (Å²) >= 11 is 0. The van der Waals surface area contributed by atoms with Gasteiger partial charge in [0.15, 0.2) is 5.96 Å². The minimum Gasteiger partial charge on any atom is -0.351 e. The molecule has 1 saturated heterocycles. The third-order valence-corrected chi connectivity index (χ3v) is 5.13. The van der Waals surface area contributed by atoms with E-state index in [4.69, 9.17) is 4.99 Å². The zero-order valence-electron chi connectivity index (χ0n) is 18.1. The third kappa shape index (κ3) is 6.88. The highest BCUT2D eigenvalue weighted by atomic mass is 16.1. The largest absolute Gasteiger partial charge is 0.351 e. The Morgan fingerprint density at radius 1 is 1.03 bits per heavy atom. The van der Waals surface area contributed by atoms with Crippen molar-refractivity contribution >= 4 is 17.6 Å². The van der Waals surface area contributed by atoms with Crippen LogP contribution in [0.2, 0.25) is 0 Å². The van der Waals surface area contributed by atoms with Crippen LogP contribution in [0.15, 0.2) is 59.6 Å². The van der Waals surface area contributed by atoms with E-state index in [0.717, 1.165) is 36.8 Å². The highest BCUT2D eigenvalue weighted by Gasteiger charge is 2.15. The predicted octanol–water partition coefficient (Wildman–Crippen LogP) is 3.43. The van der Waals surface area contributed by atoms with E-state index in [-0.39, 0.29) is 5.91 Å². The number of nitrogens with zero attached hydrogens (tertiary/aromatic N) is 3. The fourth-order valence-corrected chi connectivity index (χ4v) is 3.45. The summed E-state index contributed by atoms with van der Waals surface area (Å²) in [6, 6.07) is 17.9. The second-order valence-corrected chi connectivity index (χ2v) is 7.94. The van der Waals surface area contributed by atoms with E-state index < -0.39 is 0 Å². The number of hydrogen-bond donors (Lipinski definition) is 2. The van der Waals surface area contributed by atoms with Crippen LogP contribution in [0.25, 0.3) is 0 Å². The van der Waals surface area contributed by atoms with Crippen molar-refractivity contribution in [2.75, 3.05) is 45.6 Å². The number of nitrogens with one attached hydrogen (secondary N) is 2. The first-order valence-corrected chi connectivity index (χ1v) is 10.7. The zero-order valence-corrected chi connectivity index (χ0v) is 18.1. The summed E-state index contributed by atoms with van der Waals surface area (Å²) in [4.78, 5) is 21.7. The molecular weight excluding hydrogens is 374 g/mol. The lowest BCUT2D eigenvalue weighted by atomic mass is 10.1. The van der Waals surface area contributed by atoms with Crippen LogP contribution in [0.4, 0.5) is 5.69 Å². The molecule has 1 amide bonds. The third-order valence-electron chi connectivity index (χ3n) is 5.13. The molecule has 1 aliphatic heterocycles. The SMILES string of the molecule is CN(C)CCNC(=O)c1cccc(CN=C(Nc2ccccc2)N2CCCCC2)c1. The van der Waals surface area contributed by atoms with Gasteiger partial charge in [-0.3, -0.25) is 4.79 Å². The van der Waals surface area contributed by atoms with Gasteiger partial charge >= 0.3 is 0 Å². The van der Waals surface area contributed by atoms with Crippen molar-refractivity contribution in [1.29, 1.82) is 0 Å². The summed E-state index contributed by atoms with van der Waals surface area (Å²) < 4.78 is 0. The molecule has 0 saturated carbocycles. The Bertz CT molecular complexity index is 828. The van der Waals surface area contributed by atoms with Gasteiger partial charge in [-0.1, -0.05) is 30.3 Å². The molecule has 6 nitrogen and oxygen atoms in total. The van der Waals surface area contributed by atoms with Crippen LogP contribution in [-0.2, 0) is 6.54 Å². The van der Waals surface area contributed by atoms with E-state index in [1.54, 1.807) is 0 Å². The number of rotatable bonds is 7. The molecule has 0 spiro atoms. The molecule has 0 radical (unpaired) electrons. The van der Waals surface area contributed by atoms with Gasteiger partial charge in [-0.15, -0.1) is 0 Å². The molecule has 1 aliphatic rings. The van der Waals surface area contributed by atoms with Crippen molar-refractivity contribution in [3.8, 4) is 0 Å². The number of aliphatic imine (C=N–C) groups is 1. The molecule has 1 fully saturated rings. The number of likely N-dealkylation sites (tertiary alicyclic amines) is 1. The van der Waals surface area contributed by atoms with Crippen LogP contribution in [0, 0.1) is 0 Å². The molecule has 0 aromatic heterocycles. The van der Waals surface area contributed by atoms with Crippen molar-refractivity contribution in [2.45, 2.75) is 25.8 Å². The molecule has 2 aromatic carbocycles. The number of benzene rings is 2. The Labute approximate surface area is 180 Å². The number of guanidine groups is 1. The van der Waals surface area contributed by atoms with Gasteiger partial charge in [-0.25, -0.2) is 4.99 Å². The minimum atomic E-state index is -0.0404. The molecule has 3 rings (SSSR count). The molecule has 0 unspecified atom stereocenters. The fraction of sp³-hybridized carbons (Fsp3) is 0.417. The lowest BCUT2D eigenvalue weighted by Crippen LogP contribution is -2.40. The van der Waals surface area contributed by atoms with Crippen LogP contribution in [0.3, 0.4) is 0 Å². The van der Waals surface area contributed by atoms with Gasteiger partial charge in [0.1, 0.15) is 0 Å². The molecule has 6 heteroatoms. The number of para-hydroxylation sites is 1. The maximum atomic E-state index is 12.4. The Balaban J connectivity index is 1.69. The molecule has 160 valence electrons. The van der Waals surface area contributed by atoms with E-state index in [0.29, 0.717) is 18.7 Å². The van der Waals surface area contributed by atoms with Crippen molar-refractivity contribution in [3.05, 3.63) is 65.7 Å². The van der Waals surface area contributed by atoms with Crippen LogP contribution < -0.4 is 10.6 Å². The monoisotopic (exact) mass is 407 g/mol. The molecule has 1 heterocycles. The van der Waals surface area contributed by atoms with Gasteiger partial charge in [0.05, 0.1) is 6.54 Å². The molecule has 2 aromatic rings. The van der Waals surface area contributed by atoms with E-state index in [1.165, 1.54) is 19.3 Å². The number of hydrogen-bond acceptors (Lipinski definition) is 3. The first-order valence-electron chi connectivity index (χ1n) is 10.7. The highest BCUT2D eigenvalue weighted by molar-refractivity contribution is 5.95. The number of piperidine rings is 1. The van der Waals surface area contributed by atoms with Crippen LogP contribution in [0.5, 0.6) is 0 Å². The fourth-order valence-electron chi connectivity index (χ4n) is 3.45. The maximum Gasteiger partial charge on any atom is 0.251 e. The topological polar surface area (TPSA) is 60.0 Å². The quantitative estimate of drug-likeness (QED) is 0.545. The Kier molecular flexibility index (Phi) is 8.27. The number of anilines is 1. The van der Waals surface area contributed by atoms with Crippen molar-refractivity contribution < 1.29 is 4.79 Å². The molecule has 2 N–H and O–H groups in total. The van der Waals surface area contributed by atoms with Crippen molar-refractivity contribution in [1.82, 2.24) is 15.1 Å². The van der Waals surface area contributed by atoms with Gasteiger partial charge in [0.25, 0.3) is 5.91 Å². The molecule has 0 bridgehead atoms. The number of carbonyl (C=O) groups excluding carboxylic acids is 1. The van der Waals surface area contributed by atoms with Crippen molar-refractivity contribution in [2.24, 2.45) is 4.99 Å². The Morgan fingerprint density at radius 2 is 1.80 bits per heavy atom. The Hall–Kier alpha value is -2.86. The first kappa shape index (κ1) is 21.8. The van der Waals surface area contributed by atoms with Crippen LogP contribution in [0.1, 0.15) is 35.2 Å². The summed E-state index contributed by atoms with van der Waals surface area (Å²) in [5.41, 5.74) is 2.74. The Morgan fingerprint density at radius 3 is 2.53 bits per heavy atom. The molecule has 0 aliphatic carbocycles. The average molecular weight is 408 g/mol. The van der Waals surface area contributed by atoms with E-state index >= 15 is 0 Å². The summed E-state index contributed by atoms with van der Waals surface area (Å²) in [5.74, 6) is 0.864. The van der Waals surface area contributed by atoms with Gasteiger partial charge in [0.2, 0.25) is 0 Å². The normalized spacial score (nSPS) is 14.6. The first-order chi connectivity index (χ1) is 14.6. The average Bonchev–Trinajstić information content (AvgIpc) is 2.78. The molecular formula is C24H33N5O.